The second-order valence-electron chi connectivity index (χ2n) is 5.60. The molecule has 158 valence electrons. The molecule has 4 aromatic rings. The first-order valence-corrected chi connectivity index (χ1v) is 13.9. The fraction of sp³-hybridized carbons (Fsp3) is 0. The molecule has 4 rings (SSSR count). The molecular formula is C21H18Cl2N3O2PPd. The minimum Gasteiger partial charge on any atom is -0.0622 e. The van der Waals surface area contributed by atoms with Crippen LogP contribution in [0.2, 0.25) is 0 Å². The van der Waals surface area contributed by atoms with Crippen molar-refractivity contribution < 1.29 is 20.9 Å². The summed E-state index contributed by atoms with van der Waals surface area (Å²) in [6, 6.07) is 32.3. The van der Waals surface area contributed by atoms with Crippen molar-refractivity contribution in [3.8, 4) is 0 Å². The maximum absolute atomic E-state index is 9.81. The molecule has 1 heterocycles. The average Bonchev–Trinajstić information content (AvgIpc) is 3.33. The Balaban J connectivity index is 0.000000243. The third kappa shape index (κ3) is 7.99. The van der Waals surface area contributed by atoms with E-state index < -0.39 is 12.8 Å². The molecule has 0 amide bonds. The summed E-state index contributed by atoms with van der Waals surface area (Å²) in [7, 11) is 9.18. The van der Waals surface area contributed by atoms with Gasteiger partial charge in [0.1, 0.15) is 6.20 Å². The molecule has 0 aliphatic heterocycles. The van der Waals surface area contributed by atoms with E-state index in [1.807, 2.05) is 0 Å². The fourth-order valence-electron chi connectivity index (χ4n) is 2.52. The molecule has 0 atom stereocenters. The SMILES string of the molecule is O=[N+]([O-])c1cn[nH]c1.[Cl][Pd][Cl].c1ccc(P(c2ccccc2)c2ccccc2)cc1. The molecule has 0 spiro atoms. The molecule has 0 saturated heterocycles. The molecule has 0 aliphatic rings. The van der Waals surface area contributed by atoms with E-state index in [9.17, 15) is 10.1 Å². The molecule has 0 radical (unpaired) electrons. The monoisotopic (exact) mass is 551 g/mol. The number of aromatic amines is 1. The zero-order chi connectivity index (χ0) is 21.6. The number of hydrogen-bond acceptors (Lipinski definition) is 3. The number of hydrogen-bond donors (Lipinski definition) is 1. The number of H-pyrrole nitrogens is 1. The van der Waals surface area contributed by atoms with Gasteiger partial charge >= 0.3 is 40.7 Å². The van der Waals surface area contributed by atoms with Crippen LogP contribution in [0.3, 0.4) is 0 Å². The van der Waals surface area contributed by atoms with Crippen LogP contribution in [0, 0.1) is 10.1 Å². The second-order valence-corrected chi connectivity index (χ2v) is 10.2. The standard InChI is InChI=1S/C18H15P.C3H3N3O2.2ClH.Pd/c1-4-10-16(11-5-1)19(17-12-6-2-7-13-17)18-14-8-3-9-15-18;7-6(8)3-1-4-5-2-3;;;/h1-15H;1-2H,(H,4,5);2*1H;/q;;;;+2/p-2. The number of benzene rings is 3. The van der Waals surface area contributed by atoms with Crippen molar-refractivity contribution >= 4 is 48.6 Å². The molecule has 0 bridgehead atoms. The van der Waals surface area contributed by atoms with Crippen molar-refractivity contribution in [1.82, 2.24) is 10.2 Å². The summed E-state index contributed by atoms with van der Waals surface area (Å²) < 4.78 is 0. The number of nitro groups is 1. The summed E-state index contributed by atoms with van der Waals surface area (Å²) in [5, 5.41) is 19.7. The van der Waals surface area contributed by atoms with Crippen molar-refractivity contribution in [2.45, 2.75) is 0 Å². The molecule has 1 N–H and O–H groups in total. The van der Waals surface area contributed by atoms with Gasteiger partial charge in [0.15, 0.2) is 0 Å². The van der Waals surface area contributed by atoms with E-state index in [1.54, 1.807) is 0 Å². The van der Waals surface area contributed by atoms with Crippen LogP contribution in [0.15, 0.2) is 103 Å². The molecule has 5 nitrogen and oxygen atoms in total. The summed E-state index contributed by atoms with van der Waals surface area (Å²) in [5.74, 6) is 0. The Bertz CT molecular complexity index is 885. The van der Waals surface area contributed by atoms with Gasteiger partial charge in [0.05, 0.1) is 11.1 Å². The average molecular weight is 553 g/mol. The van der Waals surface area contributed by atoms with Gasteiger partial charge in [0, 0.05) is 0 Å². The van der Waals surface area contributed by atoms with E-state index in [1.165, 1.54) is 22.1 Å². The van der Waals surface area contributed by atoms with E-state index in [2.05, 4.69) is 101 Å². The van der Waals surface area contributed by atoms with Crippen molar-refractivity contribution in [2.75, 3.05) is 0 Å². The van der Waals surface area contributed by atoms with Gasteiger partial charge in [-0.15, -0.1) is 0 Å². The van der Waals surface area contributed by atoms with Crippen LogP contribution in [0.1, 0.15) is 0 Å². The van der Waals surface area contributed by atoms with Crippen LogP contribution >= 0.6 is 27.0 Å². The van der Waals surface area contributed by atoms with Gasteiger partial charge < -0.3 is 0 Å². The van der Waals surface area contributed by atoms with Crippen LogP contribution in [-0.2, 0) is 15.9 Å². The summed E-state index contributed by atoms with van der Waals surface area (Å²) in [5.41, 5.74) is -0.00926. The van der Waals surface area contributed by atoms with Gasteiger partial charge in [-0.25, -0.2) is 0 Å². The van der Waals surface area contributed by atoms with Crippen LogP contribution in [0.25, 0.3) is 0 Å². The van der Waals surface area contributed by atoms with Gasteiger partial charge in [0.2, 0.25) is 0 Å². The van der Waals surface area contributed by atoms with Crippen molar-refractivity contribution in [3.63, 3.8) is 0 Å². The van der Waals surface area contributed by atoms with E-state index in [-0.39, 0.29) is 21.6 Å². The van der Waals surface area contributed by atoms with Crippen LogP contribution < -0.4 is 15.9 Å². The molecule has 0 unspecified atom stereocenters. The third-order valence-corrected chi connectivity index (χ3v) is 6.18. The minimum absolute atomic E-state index is 0.00926. The van der Waals surface area contributed by atoms with E-state index in [0.717, 1.165) is 6.20 Å². The number of rotatable bonds is 4. The van der Waals surface area contributed by atoms with Crippen LogP contribution in [0.5, 0.6) is 0 Å². The Labute approximate surface area is 192 Å². The molecule has 3 aromatic carbocycles. The Morgan fingerprint density at radius 2 is 1.17 bits per heavy atom. The predicted octanol–water partition coefficient (Wildman–Crippen LogP) is 5.14. The first-order valence-electron chi connectivity index (χ1n) is 8.58. The van der Waals surface area contributed by atoms with Crippen LogP contribution in [-0.4, -0.2) is 15.1 Å². The molecule has 0 aliphatic carbocycles. The summed E-state index contributed by atoms with van der Waals surface area (Å²) in [6.07, 6.45) is 2.38. The minimum atomic E-state index is -0.510. The summed E-state index contributed by atoms with van der Waals surface area (Å²) in [4.78, 5) is 9.30. The summed E-state index contributed by atoms with van der Waals surface area (Å²) in [6.45, 7) is 0. The van der Waals surface area contributed by atoms with Gasteiger partial charge in [-0.2, -0.15) is 5.10 Å². The van der Waals surface area contributed by atoms with Gasteiger partial charge in [-0.1, -0.05) is 91.0 Å². The largest absolute Gasteiger partial charge is 0.0622 e. The van der Waals surface area contributed by atoms with Crippen LogP contribution in [0.4, 0.5) is 5.69 Å². The van der Waals surface area contributed by atoms with E-state index in [4.69, 9.17) is 19.1 Å². The smallest absolute Gasteiger partial charge is 0.0134 e. The normalized spacial score (nSPS) is 9.83. The zero-order valence-electron chi connectivity index (χ0n) is 15.5. The maximum atomic E-state index is 9.81. The third-order valence-electron chi connectivity index (χ3n) is 3.74. The molecule has 0 saturated carbocycles. The predicted molar refractivity (Wildman–Crippen MR) is 122 cm³/mol. The van der Waals surface area contributed by atoms with Crippen molar-refractivity contribution in [3.05, 3.63) is 114 Å². The van der Waals surface area contributed by atoms with Gasteiger partial charge in [-0.05, 0) is 23.8 Å². The Hall–Kier alpha value is -2.06. The first kappa shape index (κ1) is 24.2. The van der Waals surface area contributed by atoms with E-state index in [0.29, 0.717) is 0 Å². The fourth-order valence-corrected chi connectivity index (χ4v) is 4.83. The number of nitrogens with zero attached hydrogens (tertiary/aromatic N) is 2. The maximum Gasteiger partial charge on any atom is -0.0134 e. The summed E-state index contributed by atoms with van der Waals surface area (Å²) >= 11 is -0.106. The van der Waals surface area contributed by atoms with Crippen molar-refractivity contribution in [1.29, 1.82) is 0 Å². The Morgan fingerprint density at radius 1 is 0.800 bits per heavy atom. The Morgan fingerprint density at radius 3 is 1.40 bits per heavy atom. The van der Waals surface area contributed by atoms with Gasteiger partial charge in [0.25, 0.3) is 0 Å². The number of aromatic nitrogens is 2. The molecule has 9 heteroatoms. The van der Waals surface area contributed by atoms with E-state index >= 15 is 0 Å². The zero-order valence-corrected chi connectivity index (χ0v) is 19.5. The quantitative estimate of drug-likeness (QED) is 0.165. The molecule has 1 aromatic heterocycles. The number of nitrogens with one attached hydrogen (secondary N) is 1. The first-order chi connectivity index (χ1) is 14.7. The molecule has 30 heavy (non-hydrogen) atoms. The topological polar surface area (TPSA) is 71.8 Å². The van der Waals surface area contributed by atoms with Crippen molar-refractivity contribution in [2.24, 2.45) is 0 Å². The molecular weight excluding hydrogens is 535 g/mol. The number of halogens is 2. The van der Waals surface area contributed by atoms with Gasteiger partial charge in [-0.3, -0.25) is 15.2 Å². The molecule has 0 fully saturated rings. The Kier molecular flexibility index (Phi) is 11.3. The second kappa shape index (κ2) is 14.0.